The summed E-state index contributed by atoms with van der Waals surface area (Å²) >= 11 is 0. The summed E-state index contributed by atoms with van der Waals surface area (Å²) in [5.41, 5.74) is 0. The van der Waals surface area contributed by atoms with Gasteiger partial charge in [-0.1, -0.05) is 0 Å². The molecule has 152 valence electrons. The zero-order valence-corrected chi connectivity index (χ0v) is 16.4. The standard InChI is InChI=1S/C19H28N6O3/c1-14-21-16(12-17(22-14)24-8-10-28-11-9-24)23-4-6-25(7-5-23)19(27)15-2-3-18(26)20-13-15/h12,15H,2-11,13H2,1H3,(H,20,26). The molecule has 1 N–H and O–H groups in total. The summed E-state index contributed by atoms with van der Waals surface area (Å²) < 4.78 is 5.43. The van der Waals surface area contributed by atoms with E-state index in [9.17, 15) is 9.59 Å². The molecule has 9 heteroatoms. The number of amides is 2. The molecule has 1 atom stereocenters. The van der Waals surface area contributed by atoms with E-state index in [1.165, 1.54) is 0 Å². The number of piperidine rings is 1. The maximum absolute atomic E-state index is 12.7. The minimum absolute atomic E-state index is 0.0454. The minimum atomic E-state index is -0.0848. The molecule has 1 unspecified atom stereocenters. The molecule has 0 aliphatic carbocycles. The number of carbonyl (C=O) groups is 2. The van der Waals surface area contributed by atoms with Crippen molar-refractivity contribution < 1.29 is 14.3 Å². The fraction of sp³-hybridized carbons (Fsp3) is 0.684. The third-order valence-electron chi connectivity index (χ3n) is 5.68. The van der Waals surface area contributed by atoms with Gasteiger partial charge in [0.15, 0.2) is 0 Å². The highest BCUT2D eigenvalue weighted by Crippen LogP contribution is 2.22. The molecular formula is C19H28N6O3. The molecule has 28 heavy (non-hydrogen) atoms. The minimum Gasteiger partial charge on any atom is -0.378 e. The second-order valence-electron chi connectivity index (χ2n) is 7.58. The molecule has 3 aliphatic heterocycles. The Kier molecular flexibility index (Phi) is 5.61. The zero-order valence-electron chi connectivity index (χ0n) is 16.4. The Balaban J connectivity index is 1.37. The number of hydrogen-bond acceptors (Lipinski definition) is 7. The molecule has 1 aromatic heterocycles. The highest BCUT2D eigenvalue weighted by molar-refractivity contribution is 5.84. The van der Waals surface area contributed by atoms with Crippen LogP contribution in [0.2, 0.25) is 0 Å². The lowest BCUT2D eigenvalue weighted by Gasteiger charge is -2.38. The number of rotatable bonds is 3. The summed E-state index contributed by atoms with van der Waals surface area (Å²) in [6.45, 7) is 8.39. The van der Waals surface area contributed by atoms with Gasteiger partial charge in [0.2, 0.25) is 11.8 Å². The highest BCUT2D eigenvalue weighted by Gasteiger charge is 2.30. The van der Waals surface area contributed by atoms with Gasteiger partial charge in [0.05, 0.1) is 19.1 Å². The fourth-order valence-electron chi connectivity index (χ4n) is 4.01. The predicted octanol–water partition coefficient (Wildman–Crippen LogP) is -0.204. The molecule has 0 saturated carbocycles. The van der Waals surface area contributed by atoms with Gasteiger partial charge in [0.1, 0.15) is 17.5 Å². The van der Waals surface area contributed by atoms with Gasteiger partial charge < -0.3 is 24.8 Å². The largest absolute Gasteiger partial charge is 0.378 e. The molecule has 1 aromatic rings. The van der Waals surface area contributed by atoms with Crippen molar-refractivity contribution in [2.75, 3.05) is 68.8 Å². The van der Waals surface area contributed by atoms with Crippen molar-refractivity contribution in [1.82, 2.24) is 20.2 Å². The Bertz CT molecular complexity index is 718. The van der Waals surface area contributed by atoms with Gasteiger partial charge >= 0.3 is 0 Å². The van der Waals surface area contributed by atoms with E-state index in [2.05, 4.69) is 25.1 Å². The first-order chi connectivity index (χ1) is 13.6. The van der Waals surface area contributed by atoms with Crippen LogP contribution in [-0.2, 0) is 14.3 Å². The second-order valence-corrected chi connectivity index (χ2v) is 7.58. The van der Waals surface area contributed by atoms with Crippen LogP contribution >= 0.6 is 0 Å². The van der Waals surface area contributed by atoms with Gasteiger partial charge in [0.25, 0.3) is 0 Å². The van der Waals surface area contributed by atoms with Crippen LogP contribution in [0.4, 0.5) is 11.6 Å². The van der Waals surface area contributed by atoms with Crippen LogP contribution in [0.15, 0.2) is 6.07 Å². The maximum Gasteiger partial charge on any atom is 0.227 e. The molecule has 3 fully saturated rings. The summed E-state index contributed by atoms with van der Waals surface area (Å²) in [5, 5.41) is 2.80. The van der Waals surface area contributed by atoms with E-state index in [1.807, 2.05) is 17.9 Å². The van der Waals surface area contributed by atoms with Crippen LogP contribution < -0.4 is 15.1 Å². The summed E-state index contributed by atoms with van der Waals surface area (Å²) in [6, 6.07) is 2.05. The number of aryl methyl sites for hydroxylation is 1. The number of anilines is 2. The Hall–Kier alpha value is -2.42. The van der Waals surface area contributed by atoms with Gasteiger partial charge in [0, 0.05) is 58.3 Å². The maximum atomic E-state index is 12.7. The lowest BCUT2D eigenvalue weighted by molar-refractivity contribution is -0.137. The summed E-state index contributed by atoms with van der Waals surface area (Å²) in [6.07, 6.45) is 1.10. The van der Waals surface area contributed by atoms with Crippen molar-refractivity contribution >= 4 is 23.5 Å². The van der Waals surface area contributed by atoms with Gasteiger partial charge in [-0.3, -0.25) is 9.59 Å². The zero-order chi connectivity index (χ0) is 19.5. The third-order valence-corrected chi connectivity index (χ3v) is 5.68. The van der Waals surface area contributed by atoms with E-state index >= 15 is 0 Å². The molecule has 0 bridgehead atoms. The number of nitrogens with zero attached hydrogens (tertiary/aromatic N) is 5. The number of nitrogens with one attached hydrogen (secondary N) is 1. The van der Waals surface area contributed by atoms with Gasteiger partial charge in [-0.15, -0.1) is 0 Å². The summed E-state index contributed by atoms with van der Waals surface area (Å²) in [4.78, 5) is 39.7. The molecule has 0 aromatic carbocycles. The van der Waals surface area contributed by atoms with E-state index in [0.29, 0.717) is 32.5 Å². The second kappa shape index (κ2) is 8.30. The molecule has 4 rings (SSSR count). The SMILES string of the molecule is Cc1nc(N2CCOCC2)cc(N2CCN(C(=O)C3CCC(=O)NC3)CC2)n1. The lowest BCUT2D eigenvalue weighted by atomic mass is 9.97. The molecular weight excluding hydrogens is 360 g/mol. The molecule has 2 amide bonds. The van der Waals surface area contributed by atoms with E-state index in [4.69, 9.17) is 4.74 Å². The first-order valence-electron chi connectivity index (χ1n) is 10.1. The number of aromatic nitrogens is 2. The molecule has 0 radical (unpaired) electrons. The quantitative estimate of drug-likeness (QED) is 0.767. The monoisotopic (exact) mass is 388 g/mol. The third kappa shape index (κ3) is 4.19. The van der Waals surface area contributed by atoms with Crippen molar-refractivity contribution in [2.45, 2.75) is 19.8 Å². The smallest absolute Gasteiger partial charge is 0.227 e. The first kappa shape index (κ1) is 18.9. The first-order valence-corrected chi connectivity index (χ1v) is 10.1. The van der Waals surface area contributed by atoms with E-state index in [0.717, 1.165) is 56.9 Å². The molecule has 3 aliphatic rings. The topological polar surface area (TPSA) is 90.9 Å². The van der Waals surface area contributed by atoms with Crippen molar-refractivity contribution in [3.05, 3.63) is 11.9 Å². The predicted molar refractivity (Wildman–Crippen MR) is 104 cm³/mol. The molecule has 3 saturated heterocycles. The Labute approximate surface area is 165 Å². The number of ether oxygens (including phenoxy) is 1. The molecule has 0 spiro atoms. The van der Waals surface area contributed by atoms with Crippen LogP contribution in [0.25, 0.3) is 0 Å². The fourth-order valence-corrected chi connectivity index (χ4v) is 4.01. The van der Waals surface area contributed by atoms with Crippen LogP contribution in [0.1, 0.15) is 18.7 Å². The van der Waals surface area contributed by atoms with Crippen LogP contribution in [0.5, 0.6) is 0 Å². The van der Waals surface area contributed by atoms with Crippen LogP contribution in [-0.4, -0.2) is 85.7 Å². The average molecular weight is 388 g/mol. The van der Waals surface area contributed by atoms with Crippen molar-refractivity contribution in [3.8, 4) is 0 Å². The van der Waals surface area contributed by atoms with Crippen molar-refractivity contribution in [1.29, 1.82) is 0 Å². The summed E-state index contributed by atoms with van der Waals surface area (Å²) in [7, 11) is 0. The summed E-state index contributed by atoms with van der Waals surface area (Å²) in [5.74, 6) is 2.75. The highest BCUT2D eigenvalue weighted by atomic mass is 16.5. The Morgan fingerprint density at radius 3 is 2.32 bits per heavy atom. The lowest BCUT2D eigenvalue weighted by Crippen LogP contribution is -2.52. The van der Waals surface area contributed by atoms with Crippen molar-refractivity contribution in [2.24, 2.45) is 5.92 Å². The number of carbonyl (C=O) groups excluding carboxylic acids is 2. The number of piperazine rings is 1. The average Bonchev–Trinajstić information content (AvgIpc) is 2.74. The normalized spacial score (nSPS) is 23.5. The van der Waals surface area contributed by atoms with E-state index < -0.39 is 0 Å². The van der Waals surface area contributed by atoms with Crippen LogP contribution in [0, 0.1) is 12.8 Å². The molecule has 4 heterocycles. The molecule has 9 nitrogen and oxygen atoms in total. The van der Waals surface area contributed by atoms with Gasteiger partial charge in [-0.2, -0.15) is 0 Å². The van der Waals surface area contributed by atoms with Gasteiger partial charge in [-0.25, -0.2) is 9.97 Å². The van der Waals surface area contributed by atoms with E-state index in [1.54, 1.807) is 0 Å². The van der Waals surface area contributed by atoms with Crippen molar-refractivity contribution in [3.63, 3.8) is 0 Å². The van der Waals surface area contributed by atoms with Crippen LogP contribution in [0.3, 0.4) is 0 Å². The van der Waals surface area contributed by atoms with E-state index in [-0.39, 0.29) is 17.7 Å². The number of morpholine rings is 1. The Morgan fingerprint density at radius 2 is 1.71 bits per heavy atom. The van der Waals surface area contributed by atoms with Gasteiger partial charge in [-0.05, 0) is 13.3 Å². The number of hydrogen-bond donors (Lipinski definition) is 1. The Morgan fingerprint density at radius 1 is 1.07 bits per heavy atom.